The molecular weight excluding hydrogens is 697 g/mol. The van der Waals surface area contributed by atoms with E-state index < -0.39 is 78.6 Å². The topological polar surface area (TPSA) is 302 Å². The van der Waals surface area contributed by atoms with E-state index in [1.54, 1.807) is 30.3 Å². The lowest BCUT2D eigenvalue weighted by Crippen LogP contribution is -2.59. The third-order valence-electron chi connectivity index (χ3n) is 6.93. The summed E-state index contributed by atoms with van der Waals surface area (Å²) < 4.78 is 31.7. The van der Waals surface area contributed by atoms with Gasteiger partial charge in [-0.15, -0.1) is 0 Å². The number of aliphatic imine (C=N–C) groups is 1. The van der Waals surface area contributed by atoms with Crippen molar-refractivity contribution in [3.63, 3.8) is 0 Å². The maximum absolute atomic E-state index is 13.6. The number of rotatable bonds is 20. The van der Waals surface area contributed by atoms with Gasteiger partial charge in [-0.1, -0.05) is 58.0 Å². The lowest BCUT2D eigenvalue weighted by molar-refractivity contribution is -0.192. The van der Waals surface area contributed by atoms with Crippen LogP contribution in [0.25, 0.3) is 0 Å². The number of nitrogens with one attached hydrogen (secondary N) is 4. The van der Waals surface area contributed by atoms with Crippen molar-refractivity contribution in [1.82, 2.24) is 21.3 Å². The van der Waals surface area contributed by atoms with Crippen molar-refractivity contribution in [2.75, 3.05) is 13.2 Å². The fraction of sp³-hybridized carbons (Fsp3) is 0.594. The van der Waals surface area contributed by atoms with E-state index in [9.17, 15) is 47.4 Å². The number of hydrogen-bond acceptors (Lipinski definition) is 9. The zero-order valence-electron chi connectivity index (χ0n) is 29.5. The van der Waals surface area contributed by atoms with Crippen LogP contribution in [0.5, 0.6) is 0 Å². The monoisotopic (exact) mass is 748 g/mol. The number of aliphatic hydroxyl groups excluding tert-OH is 1. The average Bonchev–Trinajstić information content (AvgIpc) is 3.04. The number of aliphatic hydroxyl groups is 1. The highest BCUT2D eigenvalue weighted by molar-refractivity contribution is 5.95. The first-order valence-electron chi connectivity index (χ1n) is 16.3. The molecule has 0 saturated heterocycles. The lowest BCUT2D eigenvalue weighted by atomic mass is 9.99. The van der Waals surface area contributed by atoms with Crippen molar-refractivity contribution in [3.05, 3.63) is 35.9 Å². The summed E-state index contributed by atoms with van der Waals surface area (Å²) in [6, 6.07) is 3.12. The van der Waals surface area contributed by atoms with Crippen LogP contribution in [0, 0.1) is 11.8 Å². The van der Waals surface area contributed by atoms with Crippen LogP contribution in [-0.4, -0.2) is 106 Å². The summed E-state index contributed by atoms with van der Waals surface area (Å²) in [6.45, 7) is 6.96. The van der Waals surface area contributed by atoms with Crippen LogP contribution in [0.4, 0.5) is 13.2 Å². The zero-order valence-corrected chi connectivity index (χ0v) is 29.5. The summed E-state index contributed by atoms with van der Waals surface area (Å²) in [5, 5.41) is 36.5. The molecule has 294 valence electrons. The summed E-state index contributed by atoms with van der Waals surface area (Å²) >= 11 is 0. The molecule has 0 heterocycles. The molecule has 5 unspecified atom stereocenters. The van der Waals surface area contributed by atoms with Crippen LogP contribution in [0.2, 0.25) is 0 Å². The van der Waals surface area contributed by atoms with Gasteiger partial charge in [0.2, 0.25) is 23.6 Å². The van der Waals surface area contributed by atoms with E-state index in [-0.39, 0.29) is 50.0 Å². The highest BCUT2D eigenvalue weighted by atomic mass is 19.4. The predicted octanol–water partition coefficient (Wildman–Crippen LogP) is -0.648. The number of halogens is 3. The highest BCUT2D eigenvalue weighted by Crippen LogP contribution is 2.13. The molecule has 0 spiro atoms. The quantitative estimate of drug-likeness (QED) is 0.0452. The molecule has 20 heteroatoms. The standard InChI is InChI=1S/C30H50N8O7.C2HF3O2/c1-17(2)13-22(26(41)35-21(29(44)45)11-8-12-34-30(32)33)37-27(42)23(14-18(3)4)38-28(43)24(36-25(40)20(31)16-39)15-19-9-6-5-7-10-19;3-2(4,5)1(6)7/h5-7,9-10,17-18,20-24,39H,8,11-16,31H2,1-4H3,(H,35,41)(H,36,40)(H,37,42)(H,38,43)(H,44,45)(H4,32,33,34);(H,6,7). The van der Waals surface area contributed by atoms with Gasteiger partial charge in [-0.25, -0.2) is 9.59 Å². The van der Waals surface area contributed by atoms with Gasteiger partial charge in [0, 0.05) is 13.0 Å². The molecule has 0 fully saturated rings. The Labute approximate surface area is 299 Å². The molecule has 13 N–H and O–H groups in total. The highest BCUT2D eigenvalue weighted by Gasteiger charge is 2.38. The SMILES string of the molecule is CC(C)CC(NC(=O)C(CC(C)C)NC(=O)C(Cc1ccccc1)NC(=O)C(N)CO)C(=O)NC(CCCN=C(N)N)C(=O)O.O=C(O)C(F)(F)F. The molecule has 0 saturated carbocycles. The number of nitrogens with two attached hydrogens (primary N) is 3. The fourth-order valence-corrected chi connectivity index (χ4v) is 4.40. The van der Waals surface area contributed by atoms with Crippen LogP contribution in [0.15, 0.2) is 35.3 Å². The van der Waals surface area contributed by atoms with Crippen molar-refractivity contribution >= 4 is 41.5 Å². The van der Waals surface area contributed by atoms with Gasteiger partial charge in [-0.2, -0.15) is 13.2 Å². The molecule has 1 rings (SSSR count). The smallest absolute Gasteiger partial charge is 0.480 e. The third kappa shape index (κ3) is 20.0. The van der Waals surface area contributed by atoms with Crippen molar-refractivity contribution in [2.24, 2.45) is 34.0 Å². The van der Waals surface area contributed by atoms with Crippen LogP contribution in [0.3, 0.4) is 0 Å². The number of nitrogens with zero attached hydrogens (tertiary/aromatic N) is 1. The van der Waals surface area contributed by atoms with Gasteiger partial charge in [0.1, 0.15) is 30.2 Å². The summed E-state index contributed by atoms with van der Waals surface area (Å²) in [7, 11) is 0. The molecule has 0 radical (unpaired) electrons. The number of aliphatic carboxylic acids is 2. The first kappa shape index (κ1) is 47.0. The van der Waals surface area contributed by atoms with Gasteiger partial charge in [-0.3, -0.25) is 24.2 Å². The summed E-state index contributed by atoms with van der Waals surface area (Å²) in [5.41, 5.74) is 17.0. The Hall–Kier alpha value is -4.98. The number of carboxylic acid groups (broad SMARTS) is 2. The van der Waals surface area contributed by atoms with Crippen LogP contribution >= 0.6 is 0 Å². The number of hydrogen-bond donors (Lipinski definition) is 10. The van der Waals surface area contributed by atoms with E-state index in [2.05, 4.69) is 26.3 Å². The number of amides is 4. The van der Waals surface area contributed by atoms with Crippen molar-refractivity contribution < 1.29 is 57.3 Å². The molecule has 0 aliphatic rings. The van der Waals surface area contributed by atoms with Gasteiger partial charge in [-0.05, 0) is 43.1 Å². The maximum atomic E-state index is 13.6. The van der Waals surface area contributed by atoms with E-state index in [4.69, 9.17) is 27.1 Å². The van der Waals surface area contributed by atoms with Crippen LogP contribution in [-0.2, 0) is 35.2 Å². The number of alkyl halides is 3. The molecule has 0 aromatic heterocycles. The zero-order chi connectivity index (χ0) is 40.2. The Balaban J connectivity index is 0.00000335. The predicted molar refractivity (Wildman–Crippen MR) is 183 cm³/mol. The van der Waals surface area contributed by atoms with Gasteiger partial charge >= 0.3 is 18.1 Å². The molecule has 0 aliphatic heterocycles. The summed E-state index contributed by atoms with van der Waals surface area (Å²) in [6.07, 6.45) is -4.24. The van der Waals surface area contributed by atoms with Crippen molar-refractivity contribution in [1.29, 1.82) is 0 Å². The minimum Gasteiger partial charge on any atom is -0.480 e. The maximum Gasteiger partial charge on any atom is 0.490 e. The van der Waals surface area contributed by atoms with Crippen LogP contribution in [0.1, 0.15) is 58.9 Å². The molecule has 52 heavy (non-hydrogen) atoms. The van der Waals surface area contributed by atoms with Crippen molar-refractivity contribution in [2.45, 2.75) is 96.2 Å². The molecule has 1 aromatic rings. The molecule has 4 amide bonds. The Morgan fingerprint density at radius 3 is 1.56 bits per heavy atom. The number of benzene rings is 1. The first-order valence-corrected chi connectivity index (χ1v) is 16.3. The average molecular weight is 749 g/mol. The second kappa shape index (κ2) is 23.5. The minimum absolute atomic E-state index is 0.0504. The summed E-state index contributed by atoms with van der Waals surface area (Å²) in [4.78, 5) is 77.3. The first-order chi connectivity index (χ1) is 24.1. The molecular formula is C32H51F3N8O9. The second-order valence-corrected chi connectivity index (χ2v) is 12.6. The number of guanidine groups is 1. The number of carboxylic acids is 2. The molecule has 5 atom stereocenters. The third-order valence-corrected chi connectivity index (χ3v) is 6.93. The van der Waals surface area contributed by atoms with Crippen LogP contribution < -0.4 is 38.5 Å². The van der Waals surface area contributed by atoms with E-state index in [1.807, 2.05) is 27.7 Å². The Morgan fingerprint density at radius 1 is 0.750 bits per heavy atom. The summed E-state index contributed by atoms with van der Waals surface area (Å²) in [5.74, 6) is -6.96. The normalized spacial score (nSPS) is 14.0. The van der Waals surface area contributed by atoms with Gasteiger partial charge in [0.05, 0.1) is 6.61 Å². The fourth-order valence-electron chi connectivity index (χ4n) is 4.40. The number of carbonyl (C=O) groups is 6. The molecule has 17 nitrogen and oxygen atoms in total. The van der Waals surface area contributed by atoms with E-state index in [0.717, 1.165) is 5.56 Å². The molecule has 1 aromatic carbocycles. The Morgan fingerprint density at radius 2 is 1.17 bits per heavy atom. The number of carbonyl (C=O) groups excluding carboxylic acids is 4. The Kier molecular flexibility index (Phi) is 21.2. The second-order valence-electron chi connectivity index (χ2n) is 12.6. The molecule has 0 aliphatic carbocycles. The van der Waals surface area contributed by atoms with E-state index >= 15 is 0 Å². The minimum atomic E-state index is -5.08. The van der Waals surface area contributed by atoms with Gasteiger partial charge < -0.3 is 53.8 Å². The Bertz CT molecular complexity index is 1340. The lowest BCUT2D eigenvalue weighted by Gasteiger charge is -2.28. The molecule has 0 bridgehead atoms. The van der Waals surface area contributed by atoms with Crippen molar-refractivity contribution in [3.8, 4) is 0 Å². The largest absolute Gasteiger partial charge is 0.490 e. The van der Waals surface area contributed by atoms with E-state index in [1.165, 1.54) is 0 Å². The van der Waals surface area contributed by atoms with Gasteiger partial charge in [0.25, 0.3) is 0 Å². The van der Waals surface area contributed by atoms with Gasteiger partial charge in [0.15, 0.2) is 5.96 Å². The van der Waals surface area contributed by atoms with E-state index in [0.29, 0.717) is 6.42 Å².